The fraction of sp³-hybridized carbons (Fsp3) is 0.214. The van der Waals surface area contributed by atoms with E-state index in [0.29, 0.717) is 24.6 Å². The van der Waals surface area contributed by atoms with Gasteiger partial charge >= 0.3 is 0 Å². The molecule has 2 rings (SSSR count). The van der Waals surface area contributed by atoms with Gasteiger partial charge in [-0.25, -0.2) is 0 Å². The average molecular weight is 244 g/mol. The van der Waals surface area contributed by atoms with Crippen molar-refractivity contribution in [1.82, 2.24) is 4.57 Å². The summed E-state index contributed by atoms with van der Waals surface area (Å²) in [6.45, 7) is 2.86. The van der Waals surface area contributed by atoms with Crippen molar-refractivity contribution in [2.24, 2.45) is 0 Å². The minimum atomic E-state index is -0.0293. The number of aryl methyl sites for hydroxylation is 1. The highest BCUT2D eigenvalue weighted by Gasteiger charge is 2.02. The van der Waals surface area contributed by atoms with E-state index in [1.807, 2.05) is 31.2 Å². The third kappa shape index (κ3) is 2.71. The Labute approximate surface area is 106 Å². The maximum Gasteiger partial charge on any atom is 0.250 e. The number of nitrogen functional groups attached to an aromatic ring is 1. The fourth-order valence-corrected chi connectivity index (χ4v) is 1.68. The zero-order valence-electron chi connectivity index (χ0n) is 10.3. The number of para-hydroxylation sites is 1. The first-order chi connectivity index (χ1) is 8.68. The Balaban J connectivity index is 1.99. The predicted octanol–water partition coefficient (Wildman–Crippen LogP) is 1.82. The second kappa shape index (κ2) is 5.40. The molecule has 18 heavy (non-hydrogen) atoms. The van der Waals surface area contributed by atoms with E-state index in [4.69, 9.17) is 10.5 Å². The normalized spacial score (nSPS) is 10.3. The van der Waals surface area contributed by atoms with Crippen molar-refractivity contribution < 1.29 is 4.74 Å². The lowest BCUT2D eigenvalue weighted by atomic mass is 10.2. The summed E-state index contributed by atoms with van der Waals surface area (Å²) in [5.41, 5.74) is 7.51. The molecule has 0 spiro atoms. The molecule has 0 saturated heterocycles. The molecule has 1 heterocycles. The summed E-state index contributed by atoms with van der Waals surface area (Å²) in [5.74, 6) is 0.666. The molecule has 0 amide bonds. The monoisotopic (exact) mass is 244 g/mol. The Morgan fingerprint density at radius 2 is 2.06 bits per heavy atom. The second-order valence-corrected chi connectivity index (χ2v) is 4.07. The van der Waals surface area contributed by atoms with Crippen LogP contribution < -0.4 is 16.0 Å². The molecule has 0 atom stereocenters. The number of nitrogens with two attached hydrogens (primary N) is 1. The third-order valence-corrected chi connectivity index (χ3v) is 2.77. The van der Waals surface area contributed by atoms with Crippen molar-refractivity contribution in [3.8, 4) is 5.75 Å². The van der Waals surface area contributed by atoms with Gasteiger partial charge in [0.15, 0.2) is 0 Å². The summed E-state index contributed by atoms with van der Waals surface area (Å²) < 4.78 is 7.19. The van der Waals surface area contributed by atoms with Crippen LogP contribution in [-0.4, -0.2) is 11.2 Å². The van der Waals surface area contributed by atoms with Crippen LogP contribution in [0.25, 0.3) is 0 Å². The molecule has 1 aromatic carbocycles. The highest BCUT2D eigenvalue weighted by molar-refractivity contribution is 5.57. The predicted molar refractivity (Wildman–Crippen MR) is 71.8 cm³/mol. The van der Waals surface area contributed by atoms with Crippen LogP contribution in [0.3, 0.4) is 0 Å². The van der Waals surface area contributed by atoms with Crippen molar-refractivity contribution in [1.29, 1.82) is 0 Å². The third-order valence-electron chi connectivity index (χ3n) is 2.77. The highest BCUT2D eigenvalue weighted by atomic mass is 16.5. The van der Waals surface area contributed by atoms with Gasteiger partial charge in [-0.2, -0.15) is 0 Å². The van der Waals surface area contributed by atoms with Gasteiger partial charge in [0.2, 0.25) is 0 Å². The van der Waals surface area contributed by atoms with Crippen LogP contribution in [0.15, 0.2) is 47.4 Å². The molecule has 0 radical (unpaired) electrons. The number of pyridine rings is 1. The SMILES string of the molecule is Cc1cccc(OCCn2ccccc2=O)c1N. The number of nitrogens with zero attached hydrogens (tertiary/aromatic N) is 1. The van der Waals surface area contributed by atoms with Gasteiger partial charge in [-0.15, -0.1) is 0 Å². The minimum absolute atomic E-state index is 0.0293. The van der Waals surface area contributed by atoms with Crippen LogP contribution in [0.2, 0.25) is 0 Å². The van der Waals surface area contributed by atoms with Gasteiger partial charge in [-0.1, -0.05) is 18.2 Å². The van der Waals surface area contributed by atoms with E-state index in [2.05, 4.69) is 0 Å². The zero-order chi connectivity index (χ0) is 13.0. The zero-order valence-corrected chi connectivity index (χ0v) is 10.3. The van der Waals surface area contributed by atoms with E-state index in [9.17, 15) is 4.79 Å². The van der Waals surface area contributed by atoms with Crippen LogP contribution in [0.1, 0.15) is 5.56 Å². The molecule has 2 aromatic rings. The smallest absolute Gasteiger partial charge is 0.250 e. The van der Waals surface area contributed by atoms with Crippen molar-refractivity contribution in [2.75, 3.05) is 12.3 Å². The van der Waals surface area contributed by atoms with Crippen LogP contribution >= 0.6 is 0 Å². The lowest BCUT2D eigenvalue weighted by Gasteiger charge is -2.11. The lowest BCUT2D eigenvalue weighted by molar-refractivity contribution is 0.298. The van der Waals surface area contributed by atoms with E-state index in [1.54, 1.807) is 16.8 Å². The number of aromatic nitrogens is 1. The van der Waals surface area contributed by atoms with Crippen molar-refractivity contribution in [2.45, 2.75) is 13.5 Å². The number of ether oxygens (including phenoxy) is 1. The Bertz CT molecular complexity index is 590. The van der Waals surface area contributed by atoms with Crippen LogP contribution in [0.5, 0.6) is 5.75 Å². The quantitative estimate of drug-likeness (QED) is 0.835. The van der Waals surface area contributed by atoms with E-state index < -0.39 is 0 Å². The van der Waals surface area contributed by atoms with Crippen LogP contribution in [0, 0.1) is 6.92 Å². The van der Waals surface area contributed by atoms with Crippen molar-refractivity contribution in [3.63, 3.8) is 0 Å². The van der Waals surface area contributed by atoms with Crippen LogP contribution in [0.4, 0.5) is 5.69 Å². The molecule has 94 valence electrons. The summed E-state index contributed by atoms with van der Waals surface area (Å²) in [4.78, 5) is 11.5. The molecule has 1 aromatic heterocycles. The van der Waals surface area contributed by atoms with E-state index >= 15 is 0 Å². The summed E-state index contributed by atoms with van der Waals surface area (Å²) in [6.07, 6.45) is 1.74. The molecular weight excluding hydrogens is 228 g/mol. The average Bonchev–Trinajstić information content (AvgIpc) is 2.37. The first-order valence-electron chi connectivity index (χ1n) is 5.82. The number of hydrogen-bond donors (Lipinski definition) is 1. The number of hydrogen-bond acceptors (Lipinski definition) is 3. The van der Waals surface area contributed by atoms with Crippen LogP contribution in [-0.2, 0) is 6.54 Å². The standard InChI is InChI=1S/C14H16N2O2/c1-11-5-4-6-12(14(11)15)18-10-9-16-8-3-2-7-13(16)17/h2-8H,9-10,15H2,1H3. The summed E-state index contributed by atoms with van der Waals surface area (Å²) in [6, 6.07) is 10.7. The Morgan fingerprint density at radius 3 is 2.83 bits per heavy atom. The lowest BCUT2D eigenvalue weighted by Crippen LogP contribution is -2.21. The molecule has 0 bridgehead atoms. The van der Waals surface area contributed by atoms with E-state index in [0.717, 1.165) is 5.56 Å². The maximum absolute atomic E-state index is 11.5. The van der Waals surface area contributed by atoms with Gasteiger partial charge in [-0.3, -0.25) is 4.79 Å². The molecule has 4 nitrogen and oxygen atoms in total. The van der Waals surface area contributed by atoms with Crippen molar-refractivity contribution in [3.05, 3.63) is 58.5 Å². The molecule has 4 heteroatoms. The largest absolute Gasteiger partial charge is 0.490 e. The van der Waals surface area contributed by atoms with Gasteiger partial charge in [0.25, 0.3) is 5.56 Å². The number of anilines is 1. The number of benzene rings is 1. The molecular formula is C14H16N2O2. The summed E-state index contributed by atoms with van der Waals surface area (Å²) >= 11 is 0. The number of rotatable bonds is 4. The van der Waals surface area contributed by atoms with Gasteiger partial charge in [0.05, 0.1) is 12.2 Å². The highest BCUT2D eigenvalue weighted by Crippen LogP contribution is 2.24. The Hall–Kier alpha value is -2.23. The topological polar surface area (TPSA) is 57.2 Å². The molecule has 0 aliphatic carbocycles. The van der Waals surface area contributed by atoms with E-state index in [1.165, 1.54) is 6.07 Å². The molecule has 2 N–H and O–H groups in total. The Morgan fingerprint density at radius 1 is 1.22 bits per heavy atom. The molecule has 0 saturated carbocycles. The summed E-state index contributed by atoms with van der Waals surface area (Å²) in [7, 11) is 0. The Kier molecular flexibility index (Phi) is 3.67. The second-order valence-electron chi connectivity index (χ2n) is 4.07. The molecule has 0 fully saturated rings. The molecule has 0 aliphatic heterocycles. The van der Waals surface area contributed by atoms with Gasteiger partial charge in [0, 0.05) is 12.3 Å². The van der Waals surface area contributed by atoms with Gasteiger partial charge < -0.3 is 15.0 Å². The molecule has 0 unspecified atom stereocenters. The van der Waals surface area contributed by atoms with Gasteiger partial charge in [0.1, 0.15) is 12.4 Å². The fourth-order valence-electron chi connectivity index (χ4n) is 1.68. The molecule has 0 aliphatic rings. The first kappa shape index (κ1) is 12.2. The summed E-state index contributed by atoms with van der Waals surface area (Å²) in [5, 5.41) is 0. The first-order valence-corrected chi connectivity index (χ1v) is 5.82. The van der Waals surface area contributed by atoms with Crippen molar-refractivity contribution >= 4 is 5.69 Å². The van der Waals surface area contributed by atoms with E-state index in [-0.39, 0.29) is 5.56 Å². The maximum atomic E-state index is 11.5. The van der Waals surface area contributed by atoms with Gasteiger partial charge in [-0.05, 0) is 24.6 Å². The minimum Gasteiger partial charge on any atom is -0.490 e.